The maximum absolute atomic E-state index is 13.2. The second kappa shape index (κ2) is 9.50. The summed E-state index contributed by atoms with van der Waals surface area (Å²) in [5, 5.41) is 2.81. The highest BCUT2D eigenvalue weighted by molar-refractivity contribution is 7.92. The number of amides is 2. The summed E-state index contributed by atoms with van der Waals surface area (Å²) < 4.78 is 33.4. The van der Waals surface area contributed by atoms with E-state index in [2.05, 4.69) is 10.0 Å². The van der Waals surface area contributed by atoms with Crippen molar-refractivity contribution < 1.29 is 22.4 Å². The van der Waals surface area contributed by atoms with Gasteiger partial charge in [0.05, 0.1) is 17.7 Å². The van der Waals surface area contributed by atoms with Crippen LogP contribution in [0.5, 0.6) is 0 Å². The predicted octanol–water partition coefficient (Wildman–Crippen LogP) is 3.31. The minimum atomic E-state index is -3.81. The number of carbonyl (C=O) groups is 2. The fraction of sp³-hybridized carbons (Fsp3) is 0.250. The summed E-state index contributed by atoms with van der Waals surface area (Å²) in [5.74, 6) is 0.0732. The van der Waals surface area contributed by atoms with Crippen molar-refractivity contribution in [2.24, 2.45) is 0 Å². The van der Waals surface area contributed by atoms with Gasteiger partial charge in [-0.1, -0.05) is 24.3 Å². The first kappa shape index (κ1) is 22.6. The van der Waals surface area contributed by atoms with E-state index in [4.69, 9.17) is 4.42 Å². The molecule has 0 saturated carbocycles. The molecule has 2 heterocycles. The van der Waals surface area contributed by atoms with Crippen molar-refractivity contribution in [2.45, 2.75) is 37.2 Å². The minimum Gasteiger partial charge on any atom is -0.467 e. The SMILES string of the molecule is Cc1ccccc1S(=O)(=O)Nc1cccc(C(=O)N2CCC[C@H]2C(=O)NCc2ccco2)c1. The number of hydrogen-bond acceptors (Lipinski definition) is 5. The number of sulfonamides is 1. The van der Waals surface area contributed by atoms with Crippen LogP contribution in [0.2, 0.25) is 0 Å². The highest BCUT2D eigenvalue weighted by atomic mass is 32.2. The van der Waals surface area contributed by atoms with E-state index >= 15 is 0 Å². The molecule has 1 aromatic heterocycles. The van der Waals surface area contributed by atoms with Crippen molar-refractivity contribution in [1.29, 1.82) is 0 Å². The molecule has 172 valence electrons. The van der Waals surface area contributed by atoms with Gasteiger partial charge in [-0.25, -0.2) is 8.42 Å². The molecule has 1 fully saturated rings. The molecule has 0 unspecified atom stereocenters. The first-order valence-electron chi connectivity index (χ1n) is 10.6. The highest BCUT2D eigenvalue weighted by Crippen LogP contribution is 2.24. The number of hydrogen-bond donors (Lipinski definition) is 2. The van der Waals surface area contributed by atoms with Crippen LogP contribution in [0.25, 0.3) is 0 Å². The Labute approximate surface area is 192 Å². The van der Waals surface area contributed by atoms with Crippen LogP contribution in [0.3, 0.4) is 0 Å². The van der Waals surface area contributed by atoms with Crippen molar-refractivity contribution in [3.05, 3.63) is 83.8 Å². The monoisotopic (exact) mass is 467 g/mol. The van der Waals surface area contributed by atoms with Gasteiger partial charge in [-0.15, -0.1) is 0 Å². The molecule has 33 heavy (non-hydrogen) atoms. The summed E-state index contributed by atoms with van der Waals surface area (Å²) in [7, 11) is -3.81. The average molecular weight is 468 g/mol. The molecular weight excluding hydrogens is 442 g/mol. The number of nitrogens with one attached hydrogen (secondary N) is 2. The zero-order valence-electron chi connectivity index (χ0n) is 18.2. The van der Waals surface area contributed by atoms with Crippen molar-refractivity contribution >= 4 is 27.5 Å². The smallest absolute Gasteiger partial charge is 0.262 e. The topological polar surface area (TPSA) is 109 Å². The van der Waals surface area contributed by atoms with Crippen LogP contribution >= 0.6 is 0 Å². The number of furan rings is 1. The fourth-order valence-electron chi connectivity index (χ4n) is 3.94. The Balaban J connectivity index is 1.47. The maximum Gasteiger partial charge on any atom is 0.262 e. The third-order valence-electron chi connectivity index (χ3n) is 5.58. The van der Waals surface area contributed by atoms with Gasteiger partial charge in [-0.3, -0.25) is 14.3 Å². The fourth-order valence-corrected chi connectivity index (χ4v) is 5.23. The summed E-state index contributed by atoms with van der Waals surface area (Å²) in [6, 6.07) is 15.9. The predicted molar refractivity (Wildman–Crippen MR) is 123 cm³/mol. The Bertz CT molecular complexity index is 1250. The minimum absolute atomic E-state index is 0.176. The second-order valence-corrected chi connectivity index (χ2v) is 9.56. The third-order valence-corrected chi connectivity index (χ3v) is 7.12. The molecule has 2 aromatic carbocycles. The zero-order chi connectivity index (χ0) is 23.4. The van der Waals surface area contributed by atoms with Gasteiger partial charge in [-0.05, 0) is 61.7 Å². The van der Waals surface area contributed by atoms with Crippen molar-refractivity contribution in [3.63, 3.8) is 0 Å². The Morgan fingerprint density at radius 1 is 1.09 bits per heavy atom. The van der Waals surface area contributed by atoms with Gasteiger partial charge in [0.2, 0.25) is 5.91 Å². The first-order chi connectivity index (χ1) is 15.8. The Morgan fingerprint density at radius 3 is 2.67 bits per heavy atom. The molecule has 1 saturated heterocycles. The van der Waals surface area contributed by atoms with Crippen LogP contribution in [-0.2, 0) is 21.4 Å². The van der Waals surface area contributed by atoms with E-state index in [0.717, 1.165) is 0 Å². The van der Waals surface area contributed by atoms with E-state index in [1.807, 2.05) is 0 Å². The largest absolute Gasteiger partial charge is 0.467 e. The lowest BCUT2D eigenvalue weighted by atomic mass is 10.1. The van der Waals surface area contributed by atoms with Crippen molar-refractivity contribution in [2.75, 3.05) is 11.3 Å². The lowest BCUT2D eigenvalue weighted by molar-refractivity contribution is -0.125. The Kier molecular flexibility index (Phi) is 6.50. The van der Waals surface area contributed by atoms with Crippen LogP contribution < -0.4 is 10.0 Å². The Hall–Kier alpha value is -3.59. The molecule has 2 N–H and O–H groups in total. The molecule has 8 nitrogen and oxygen atoms in total. The second-order valence-electron chi connectivity index (χ2n) is 7.91. The third kappa shape index (κ3) is 5.09. The summed E-state index contributed by atoms with van der Waals surface area (Å²) in [4.78, 5) is 27.6. The van der Waals surface area contributed by atoms with Gasteiger partial charge in [-0.2, -0.15) is 0 Å². The lowest BCUT2D eigenvalue weighted by Crippen LogP contribution is -2.45. The normalized spacial score (nSPS) is 15.9. The number of likely N-dealkylation sites (tertiary alicyclic amines) is 1. The van der Waals surface area contributed by atoms with Gasteiger partial charge in [0, 0.05) is 17.8 Å². The Morgan fingerprint density at radius 2 is 1.91 bits per heavy atom. The molecule has 0 bridgehead atoms. The number of anilines is 1. The van der Waals surface area contributed by atoms with E-state index < -0.39 is 16.1 Å². The quantitative estimate of drug-likeness (QED) is 0.554. The molecule has 3 aromatic rings. The van der Waals surface area contributed by atoms with Gasteiger partial charge in [0.1, 0.15) is 11.8 Å². The van der Waals surface area contributed by atoms with E-state index in [9.17, 15) is 18.0 Å². The summed E-state index contributed by atoms with van der Waals surface area (Å²) in [6.45, 7) is 2.43. The number of aryl methyl sites for hydroxylation is 1. The molecule has 1 aliphatic heterocycles. The van der Waals surface area contributed by atoms with Crippen LogP contribution in [-0.4, -0.2) is 37.7 Å². The molecule has 1 aliphatic rings. The molecular formula is C24H25N3O5S. The van der Waals surface area contributed by atoms with Gasteiger partial charge < -0.3 is 14.6 Å². The highest BCUT2D eigenvalue weighted by Gasteiger charge is 2.34. The average Bonchev–Trinajstić information content (AvgIpc) is 3.49. The van der Waals surface area contributed by atoms with Crippen molar-refractivity contribution in [3.8, 4) is 0 Å². The summed E-state index contributed by atoms with van der Waals surface area (Å²) in [6.07, 6.45) is 2.81. The maximum atomic E-state index is 13.2. The van der Waals surface area contributed by atoms with Gasteiger partial charge in [0.25, 0.3) is 15.9 Å². The van der Waals surface area contributed by atoms with Crippen LogP contribution in [0.4, 0.5) is 5.69 Å². The molecule has 2 amide bonds. The number of rotatable bonds is 7. The summed E-state index contributed by atoms with van der Waals surface area (Å²) >= 11 is 0. The van der Waals surface area contributed by atoms with Crippen LogP contribution in [0.15, 0.2) is 76.2 Å². The molecule has 0 aliphatic carbocycles. The molecule has 9 heteroatoms. The van der Waals surface area contributed by atoms with Gasteiger partial charge >= 0.3 is 0 Å². The summed E-state index contributed by atoms with van der Waals surface area (Å²) in [5.41, 5.74) is 1.21. The molecule has 1 atom stereocenters. The van der Waals surface area contributed by atoms with Crippen molar-refractivity contribution in [1.82, 2.24) is 10.2 Å². The van der Waals surface area contributed by atoms with E-state index in [-0.39, 0.29) is 28.9 Å². The van der Waals surface area contributed by atoms with E-state index in [1.165, 1.54) is 23.3 Å². The molecule has 0 radical (unpaired) electrons. The number of carbonyl (C=O) groups excluding carboxylic acids is 2. The van der Waals surface area contributed by atoms with Gasteiger partial charge in [0.15, 0.2) is 0 Å². The van der Waals surface area contributed by atoms with Crippen LogP contribution in [0, 0.1) is 6.92 Å². The molecule has 4 rings (SSSR count). The van der Waals surface area contributed by atoms with Crippen LogP contribution in [0.1, 0.15) is 34.5 Å². The standard InChI is InChI=1S/C24H25N3O5S/c1-17-7-2-3-12-22(17)33(30,31)26-19-9-4-8-18(15-19)24(29)27-13-5-11-21(27)23(28)25-16-20-10-6-14-32-20/h2-4,6-10,12,14-15,21,26H,5,11,13,16H2,1H3,(H,25,28)/t21-/m0/s1. The zero-order valence-corrected chi connectivity index (χ0v) is 19.0. The molecule has 0 spiro atoms. The lowest BCUT2D eigenvalue weighted by Gasteiger charge is -2.24. The number of nitrogens with zero attached hydrogens (tertiary/aromatic N) is 1. The first-order valence-corrected chi connectivity index (χ1v) is 12.1. The van der Waals surface area contributed by atoms with E-state index in [1.54, 1.807) is 55.5 Å². The number of benzene rings is 2. The van der Waals surface area contributed by atoms with E-state index in [0.29, 0.717) is 36.3 Å².